The minimum Gasteiger partial charge on any atom is -0.507 e. The lowest BCUT2D eigenvalue weighted by molar-refractivity contribution is 0.0948. The predicted molar refractivity (Wildman–Crippen MR) is 84.1 cm³/mol. The van der Waals surface area contributed by atoms with Crippen LogP contribution in [-0.2, 0) is 0 Å². The van der Waals surface area contributed by atoms with Gasteiger partial charge in [0, 0.05) is 11.3 Å². The third kappa shape index (κ3) is 4.02. The monoisotopic (exact) mass is 296 g/mol. The van der Waals surface area contributed by atoms with Crippen LogP contribution in [0.25, 0.3) is 0 Å². The molecule has 22 heavy (non-hydrogen) atoms. The van der Waals surface area contributed by atoms with Gasteiger partial charge in [-0.15, -0.1) is 0 Å². The first-order valence-corrected chi connectivity index (χ1v) is 6.77. The molecule has 0 aliphatic heterocycles. The van der Waals surface area contributed by atoms with E-state index in [0.717, 1.165) is 0 Å². The molecular weight excluding hydrogens is 280 g/mol. The Morgan fingerprint density at radius 1 is 1.05 bits per heavy atom. The second kappa shape index (κ2) is 7.17. The van der Waals surface area contributed by atoms with Gasteiger partial charge in [0.05, 0.1) is 12.0 Å². The molecule has 0 saturated heterocycles. The van der Waals surface area contributed by atoms with Crippen molar-refractivity contribution < 1.29 is 14.7 Å². The largest absolute Gasteiger partial charge is 0.507 e. The summed E-state index contributed by atoms with van der Waals surface area (Å²) in [5, 5.41) is 13.5. The van der Waals surface area contributed by atoms with Crippen molar-refractivity contribution >= 4 is 17.4 Å². The summed E-state index contributed by atoms with van der Waals surface area (Å²) >= 11 is 0. The summed E-state index contributed by atoms with van der Waals surface area (Å²) in [6.45, 7) is 1.66. The Kier molecular flexibility index (Phi) is 5.03. The maximum atomic E-state index is 12.0. The third-order valence-corrected chi connectivity index (χ3v) is 3.01. The molecule has 0 atom stereocenters. The van der Waals surface area contributed by atoms with Crippen molar-refractivity contribution in [2.45, 2.75) is 13.3 Å². The minimum absolute atomic E-state index is 0.0707. The second-order valence-corrected chi connectivity index (χ2v) is 4.77. The normalized spacial score (nSPS) is 11.0. The number of nitrogens with zero attached hydrogens (tertiary/aromatic N) is 1. The Hall–Kier alpha value is -2.95. The number of amides is 1. The highest BCUT2D eigenvalue weighted by Gasteiger charge is 2.10. The number of hydrogen-bond donors (Lipinski definition) is 2. The number of phenols is 1. The van der Waals surface area contributed by atoms with E-state index in [1.54, 1.807) is 43.3 Å². The van der Waals surface area contributed by atoms with Crippen LogP contribution >= 0.6 is 0 Å². The fraction of sp³-hybridized carbons (Fsp3) is 0.118. The molecule has 2 rings (SSSR count). The highest BCUT2D eigenvalue weighted by molar-refractivity contribution is 6.09. The summed E-state index contributed by atoms with van der Waals surface area (Å²) in [7, 11) is 0. The van der Waals surface area contributed by atoms with E-state index in [0.29, 0.717) is 11.3 Å². The Morgan fingerprint density at radius 3 is 2.36 bits per heavy atom. The number of nitrogens with one attached hydrogen (secondary N) is 1. The van der Waals surface area contributed by atoms with Crippen LogP contribution in [0.2, 0.25) is 0 Å². The zero-order valence-corrected chi connectivity index (χ0v) is 12.1. The standard InChI is InChI=1S/C17H16N2O3/c1-12(11-16(21)13-7-3-2-4-8-13)18-19-17(22)14-9-5-6-10-15(14)20/h2-10,20H,11H2,1H3,(H,19,22)/b18-12+. The summed E-state index contributed by atoms with van der Waals surface area (Å²) in [4.78, 5) is 23.9. The van der Waals surface area contributed by atoms with Crippen LogP contribution in [0.1, 0.15) is 34.1 Å². The first-order chi connectivity index (χ1) is 10.6. The van der Waals surface area contributed by atoms with Gasteiger partial charge in [0.25, 0.3) is 5.91 Å². The van der Waals surface area contributed by atoms with Gasteiger partial charge >= 0.3 is 0 Å². The van der Waals surface area contributed by atoms with Crippen LogP contribution in [0, 0.1) is 0 Å². The molecule has 2 N–H and O–H groups in total. The van der Waals surface area contributed by atoms with Crippen LogP contribution in [0.5, 0.6) is 5.75 Å². The maximum Gasteiger partial charge on any atom is 0.275 e. The summed E-state index contributed by atoms with van der Waals surface area (Å²) in [5.74, 6) is -0.712. The number of ketones is 1. The van der Waals surface area contributed by atoms with Gasteiger partial charge in [-0.1, -0.05) is 42.5 Å². The van der Waals surface area contributed by atoms with E-state index in [9.17, 15) is 14.7 Å². The topological polar surface area (TPSA) is 78.8 Å². The number of carbonyl (C=O) groups excluding carboxylic acids is 2. The molecule has 0 aliphatic carbocycles. The predicted octanol–water partition coefficient (Wildman–Crippen LogP) is 2.77. The number of benzene rings is 2. The number of rotatable bonds is 5. The Morgan fingerprint density at radius 2 is 1.68 bits per heavy atom. The molecule has 2 aromatic carbocycles. The molecule has 0 aromatic heterocycles. The van der Waals surface area contributed by atoms with Crippen molar-refractivity contribution in [1.82, 2.24) is 5.43 Å². The van der Waals surface area contributed by atoms with E-state index in [1.165, 1.54) is 12.1 Å². The van der Waals surface area contributed by atoms with Crippen LogP contribution in [0.4, 0.5) is 0 Å². The van der Waals surface area contributed by atoms with Crippen molar-refractivity contribution in [1.29, 1.82) is 0 Å². The molecular formula is C17H16N2O3. The summed E-state index contributed by atoms with van der Waals surface area (Å²) in [6.07, 6.45) is 0.116. The van der Waals surface area contributed by atoms with Crippen molar-refractivity contribution in [3.05, 3.63) is 65.7 Å². The average molecular weight is 296 g/mol. The molecule has 0 saturated carbocycles. The van der Waals surface area contributed by atoms with E-state index in [-0.39, 0.29) is 23.5 Å². The van der Waals surface area contributed by atoms with E-state index in [4.69, 9.17) is 0 Å². The van der Waals surface area contributed by atoms with Crippen molar-refractivity contribution in [3.8, 4) is 5.75 Å². The number of hydrogen-bond acceptors (Lipinski definition) is 4. The van der Waals surface area contributed by atoms with Crippen LogP contribution in [0.15, 0.2) is 59.7 Å². The fourth-order valence-corrected chi connectivity index (χ4v) is 1.87. The lowest BCUT2D eigenvalue weighted by atomic mass is 10.1. The first-order valence-electron chi connectivity index (χ1n) is 6.77. The first kappa shape index (κ1) is 15.4. The van der Waals surface area contributed by atoms with Crippen molar-refractivity contribution in [2.75, 3.05) is 0 Å². The van der Waals surface area contributed by atoms with Gasteiger partial charge < -0.3 is 5.11 Å². The molecule has 0 unspecified atom stereocenters. The average Bonchev–Trinajstić information content (AvgIpc) is 2.54. The van der Waals surface area contributed by atoms with Gasteiger partial charge in [-0.3, -0.25) is 9.59 Å². The molecule has 5 nitrogen and oxygen atoms in total. The SMILES string of the molecule is C/C(CC(=O)c1ccccc1)=N\NC(=O)c1ccccc1O. The lowest BCUT2D eigenvalue weighted by Crippen LogP contribution is -2.20. The number of phenolic OH excluding ortho intramolecular Hbond substituents is 1. The van der Waals surface area contributed by atoms with Gasteiger partial charge in [0.1, 0.15) is 5.75 Å². The number of carbonyl (C=O) groups is 2. The number of para-hydroxylation sites is 1. The number of aromatic hydroxyl groups is 1. The molecule has 0 bridgehead atoms. The third-order valence-electron chi connectivity index (χ3n) is 3.01. The van der Waals surface area contributed by atoms with Gasteiger partial charge in [0.15, 0.2) is 5.78 Å². The van der Waals surface area contributed by atoms with Gasteiger partial charge in [-0.25, -0.2) is 5.43 Å². The second-order valence-electron chi connectivity index (χ2n) is 4.77. The summed E-state index contributed by atoms with van der Waals surface area (Å²) < 4.78 is 0. The zero-order valence-electron chi connectivity index (χ0n) is 12.1. The summed E-state index contributed by atoms with van der Waals surface area (Å²) in [6, 6.07) is 15.1. The molecule has 0 radical (unpaired) electrons. The van der Waals surface area contributed by atoms with Crippen molar-refractivity contribution in [2.24, 2.45) is 5.10 Å². The molecule has 0 aliphatic rings. The highest BCUT2D eigenvalue weighted by atomic mass is 16.3. The smallest absolute Gasteiger partial charge is 0.275 e. The van der Waals surface area contributed by atoms with E-state index < -0.39 is 5.91 Å². The number of hydrazone groups is 1. The molecule has 1 amide bonds. The van der Waals surface area contributed by atoms with Gasteiger partial charge in [0.2, 0.25) is 0 Å². The molecule has 2 aromatic rings. The van der Waals surface area contributed by atoms with Crippen molar-refractivity contribution in [3.63, 3.8) is 0 Å². The van der Waals surface area contributed by atoms with Crippen LogP contribution in [-0.4, -0.2) is 22.5 Å². The molecule has 0 fully saturated rings. The van der Waals surface area contributed by atoms with E-state index >= 15 is 0 Å². The molecule has 112 valence electrons. The zero-order chi connectivity index (χ0) is 15.9. The quantitative estimate of drug-likeness (QED) is 0.506. The summed E-state index contributed by atoms with van der Waals surface area (Å²) in [5.41, 5.74) is 3.55. The Labute approximate surface area is 128 Å². The fourth-order valence-electron chi connectivity index (χ4n) is 1.87. The Bertz CT molecular complexity index is 709. The van der Waals surface area contributed by atoms with E-state index in [1.807, 2.05) is 6.07 Å². The highest BCUT2D eigenvalue weighted by Crippen LogP contribution is 2.14. The molecule has 0 spiro atoms. The molecule has 5 heteroatoms. The maximum absolute atomic E-state index is 12.0. The lowest BCUT2D eigenvalue weighted by Gasteiger charge is -2.04. The molecule has 0 heterocycles. The van der Waals surface area contributed by atoms with Gasteiger partial charge in [-0.05, 0) is 19.1 Å². The van der Waals surface area contributed by atoms with E-state index in [2.05, 4.69) is 10.5 Å². The van der Waals surface area contributed by atoms with Gasteiger partial charge in [-0.2, -0.15) is 5.10 Å². The minimum atomic E-state index is -0.524. The number of Topliss-reactive ketones (excluding diaryl/α,β-unsaturated/α-hetero) is 1. The van der Waals surface area contributed by atoms with Crippen LogP contribution in [0.3, 0.4) is 0 Å². The van der Waals surface area contributed by atoms with Crippen LogP contribution < -0.4 is 5.43 Å². The Balaban J connectivity index is 1.97.